The maximum absolute atomic E-state index is 13.6. The van der Waals surface area contributed by atoms with Crippen LogP contribution in [0.3, 0.4) is 0 Å². The highest BCUT2D eigenvalue weighted by atomic mass is 16.6. The summed E-state index contributed by atoms with van der Waals surface area (Å²) in [6.45, 7) is 1.97. The maximum Gasteiger partial charge on any atom is 0.342 e. The van der Waals surface area contributed by atoms with Gasteiger partial charge >= 0.3 is 11.9 Å². The third kappa shape index (κ3) is 4.56. The molecule has 5 N–H and O–H groups in total. The smallest absolute Gasteiger partial charge is 0.342 e. The minimum Gasteiger partial charge on any atom is -0.508 e. The van der Waals surface area contributed by atoms with Crippen LogP contribution in [-0.2, 0) is 41.7 Å². The van der Waals surface area contributed by atoms with Crippen molar-refractivity contribution in [1.29, 1.82) is 0 Å². The summed E-state index contributed by atoms with van der Waals surface area (Å²) in [7, 11) is 0. The lowest BCUT2D eigenvalue weighted by Crippen LogP contribution is -2.58. The van der Waals surface area contributed by atoms with Crippen molar-refractivity contribution in [3.63, 3.8) is 0 Å². The van der Waals surface area contributed by atoms with Gasteiger partial charge in [-0.25, -0.2) is 9.59 Å². The number of Topliss-reactive ketones (excluding diaryl/α,β-unsaturated/α-hetero) is 2. The normalized spacial score (nSPS) is 23.6. The molecule has 2 aromatic rings. The SMILES string of the molecule is CCOC(=O)COCc1ccc(-c2ccc(O)c3c2C[C@H]2C[C@H]4CC(=O)C(C(=O)O)=C(O)[C@@]4(O)C(=O)C2=C3O)cc1. The summed E-state index contributed by atoms with van der Waals surface area (Å²) >= 11 is 0. The molecule has 3 atom stereocenters. The summed E-state index contributed by atoms with van der Waals surface area (Å²) in [6, 6.07) is 10.3. The van der Waals surface area contributed by atoms with E-state index in [-0.39, 0.29) is 49.5 Å². The highest BCUT2D eigenvalue weighted by Crippen LogP contribution is 2.53. The number of esters is 1. The largest absolute Gasteiger partial charge is 0.508 e. The van der Waals surface area contributed by atoms with E-state index in [1.807, 2.05) is 12.1 Å². The molecule has 0 spiro atoms. The fraction of sp³-hybridized carbons (Fsp3) is 0.333. The van der Waals surface area contributed by atoms with E-state index in [1.54, 1.807) is 25.1 Å². The first-order chi connectivity index (χ1) is 19.5. The molecule has 0 bridgehead atoms. The Morgan fingerprint density at radius 2 is 1.73 bits per heavy atom. The van der Waals surface area contributed by atoms with E-state index in [1.165, 1.54) is 6.07 Å². The molecule has 0 unspecified atom stereocenters. The Morgan fingerprint density at radius 3 is 2.39 bits per heavy atom. The number of aromatic hydroxyl groups is 1. The Balaban J connectivity index is 1.50. The van der Waals surface area contributed by atoms with Gasteiger partial charge in [-0.3, -0.25) is 9.59 Å². The molecule has 0 aliphatic heterocycles. The van der Waals surface area contributed by atoms with Crippen LogP contribution in [0.2, 0.25) is 0 Å². The number of carbonyl (C=O) groups excluding carboxylic acids is 3. The summed E-state index contributed by atoms with van der Waals surface area (Å²) in [5.74, 6) is -8.08. The van der Waals surface area contributed by atoms with Gasteiger partial charge in [-0.2, -0.15) is 0 Å². The number of aliphatic hydroxyl groups excluding tert-OH is 2. The zero-order valence-electron chi connectivity index (χ0n) is 22.0. The molecule has 0 radical (unpaired) electrons. The molecular formula is C30H28O11. The first-order valence-corrected chi connectivity index (χ1v) is 13.1. The van der Waals surface area contributed by atoms with Crippen molar-refractivity contribution in [3.05, 3.63) is 70.0 Å². The van der Waals surface area contributed by atoms with E-state index >= 15 is 0 Å². The second-order valence-corrected chi connectivity index (χ2v) is 10.3. The number of ketones is 2. The minimum absolute atomic E-state index is 0.000176. The third-order valence-electron chi connectivity index (χ3n) is 7.97. The van der Waals surface area contributed by atoms with Crippen molar-refractivity contribution in [2.24, 2.45) is 11.8 Å². The van der Waals surface area contributed by atoms with Crippen molar-refractivity contribution >= 4 is 29.3 Å². The highest BCUT2D eigenvalue weighted by molar-refractivity contribution is 6.21. The van der Waals surface area contributed by atoms with E-state index in [4.69, 9.17) is 9.47 Å². The second-order valence-electron chi connectivity index (χ2n) is 10.3. The molecule has 0 heterocycles. The number of benzene rings is 2. The van der Waals surface area contributed by atoms with E-state index < -0.39 is 64.5 Å². The van der Waals surface area contributed by atoms with Crippen molar-refractivity contribution in [3.8, 4) is 16.9 Å². The van der Waals surface area contributed by atoms with Crippen LogP contribution in [0.5, 0.6) is 5.75 Å². The highest BCUT2D eigenvalue weighted by Gasteiger charge is 2.60. The van der Waals surface area contributed by atoms with E-state index in [2.05, 4.69) is 0 Å². The number of ether oxygens (including phenoxy) is 2. The van der Waals surface area contributed by atoms with Gasteiger partial charge < -0.3 is 35.0 Å². The van der Waals surface area contributed by atoms with Crippen LogP contribution in [-0.4, -0.2) is 67.9 Å². The Kier molecular flexibility index (Phi) is 7.18. The molecular weight excluding hydrogens is 536 g/mol. The quantitative estimate of drug-likeness (QED) is 0.246. The predicted molar refractivity (Wildman–Crippen MR) is 142 cm³/mol. The number of phenols is 1. The number of carbonyl (C=O) groups is 4. The summed E-state index contributed by atoms with van der Waals surface area (Å²) < 4.78 is 10.2. The van der Waals surface area contributed by atoms with Crippen LogP contribution in [0.4, 0.5) is 0 Å². The Hall–Kier alpha value is -4.48. The molecule has 2 aromatic carbocycles. The van der Waals surface area contributed by atoms with Gasteiger partial charge in [-0.05, 0) is 54.0 Å². The average molecular weight is 565 g/mol. The predicted octanol–water partition coefficient (Wildman–Crippen LogP) is 2.77. The maximum atomic E-state index is 13.6. The number of carboxylic acid groups (broad SMARTS) is 1. The fourth-order valence-corrected chi connectivity index (χ4v) is 6.09. The molecule has 0 saturated heterocycles. The lowest BCUT2D eigenvalue weighted by atomic mass is 9.59. The third-order valence-corrected chi connectivity index (χ3v) is 7.97. The van der Waals surface area contributed by atoms with Crippen molar-refractivity contribution in [1.82, 2.24) is 0 Å². The molecule has 1 fully saturated rings. The van der Waals surface area contributed by atoms with Crippen molar-refractivity contribution in [2.45, 2.75) is 38.4 Å². The topological polar surface area (TPSA) is 188 Å². The summed E-state index contributed by atoms with van der Waals surface area (Å²) in [6.07, 6.45) is -0.279. The molecule has 3 aliphatic rings. The lowest BCUT2D eigenvalue weighted by Gasteiger charge is -2.46. The zero-order valence-corrected chi connectivity index (χ0v) is 22.0. The van der Waals surface area contributed by atoms with Crippen LogP contribution in [0.1, 0.15) is 36.5 Å². The number of carboxylic acids is 1. The molecule has 41 heavy (non-hydrogen) atoms. The minimum atomic E-state index is -2.68. The van der Waals surface area contributed by atoms with Gasteiger partial charge in [0.15, 0.2) is 17.1 Å². The number of aliphatic carboxylic acids is 1. The van der Waals surface area contributed by atoms with E-state index in [9.17, 15) is 44.7 Å². The van der Waals surface area contributed by atoms with Gasteiger partial charge in [-0.15, -0.1) is 0 Å². The monoisotopic (exact) mass is 564 g/mol. The van der Waals surface area contributed by atoms with Gasteiger partial charge in [-0.1, -0.05) is 30.3 Å². The lowest BCUT2D eigenvalue weighted by molar-refractivity contribution is -0.150. The molecule has 0 amide bonds. The molecule has 214 valence electrons. The summed E-state index contributed by atoms with van der Waals surface area (Å²) in [4.78, 5) is 49.1. The molecule has 11 heteroatoms. The Labute approximate surface area is 234 Å². The molecule has 1 saturated carbocycles. The van der Waals surface area contributed by atoms with Gasteiger partial charge in [0, 0.05) is 17.9 Å². The standard InChI is InChI=1S/C30H28O11/c1-2-41-22(33)13-40-12-14-3-5-15(6-4-14)18-7-8-20(31)24-19(18)10-16-9-17-11-21(32)25(29(37)38)28(36)30(17,39)27(35)23(16)26(24)34/h3-8,16-17,31,34,36,39H,2,9-13H2,1H3,(H,37,38)/t16-,17+,30+/m1/s1. The molecule has 3 aliphatic carbocycles. The number of phenolic OH excluding ortho intramolecular Hbond substituents is 1. The molecule has 11 nitrogen and oxygen atoms in total. The first kappa shape index (κ1) is 28.1. The van der Waals surface area contributed by atoms with Crippen molar-refractivity contribution < 1.29 is 54.2 Å². The first-order valence-electron chi connectivity index (χ1n) is 13.1. The Bertz CT molecular complexity index is 1530. The zero-order chi connectivity index (χ0) is 29.6. The van der Waals surface area contributed by atoms with Crippen LogP contribution >= 0.6 is 0 Å². The van der Waals surface area contributed by atoms with Crippen LogP contribution in [0.15, 0.2) is 53.3 Å². The molecule has 0 aromatic heterocycles. The van der Waals surface area contributed by atoms with Crippen LogP contribution in [0.25, 0.3) is 16.9 Å². The van der Waals surface area contributed by atoms with Crippen LogP contribution < -0.4 is 0 Å². The van der Waals surface area contributed by atoms with Gasteiger partial charge in [0.1, 0.15) is 23.7 Å². The van der Waals surface area contributed by atoms with Gasteiger partial charge in [0.2, 0.25) is 5.78 Å². The number of rotatable bonds is 7. The van der Waals surface area contributed by atoms with E-state index in [0.29, 0.717) is 11.1 Å². The number of hydrogen-bond donors (Lipinski definition) is 5. The second kappa shape index (κ2) is 10.5. The number of fused-ring (bicyclic) bond motifs is 3. The summed E-state index contributed by atoms with van der Waals surface area (Å²) in [5.41, 5.74) is -1.21. The fourth-order valence-electron chi connectivity index (χ4n) is 6.09. The number of hydrogen-bond acceptors (Lipinski definition) is 10. The number of aliphatic hydroxyl groups is 3. The van der Waals surface area contributed by atoms with E-state index in [0.717, 1.165) is 11.1 Å². The average Bonchev–Trinajstić information content (AvgIpc) is 2.91. The Morgan fingerprint density at radius 1 is 1.02 bits per heavy atom. The summed E-state index contributed by atoms with van der Waals surface area (Å²) in [5, 5.41) is 53.3. The van der Waals surface area contributed by atoms with Crippen LogP contribution in [0, 0.1) is 11.8 Å². The van der Waals surface area contributed by atoms with Gasteiger partial charge in [0.05, 0.1) is 18.8 Å². The van der Waals surface area contributed by atoms with Gasteiger partial charge in [0.25, 0.3) is 0 Å². The van der Waals surface area contributed by atoms with Crippen molar-refractivity contribution in [2.75, 3.05) is 13.2 Å². The molecule has 5 rings (SSSR count).